The molecular formula is C9H16O2. The van der Waals surface area contributed by atoms with Gasteiger partial charge in [-0.1, -0.05) is 13.8 Å². The lowest BCUT2D eigenvalue weighted by molar-refractivity contribution is -0.128. The van der Waals surface area contributed by atoms with E-state index in [0.717, 1.165) is 12.8 Å². The quantitative estimate of drug-likeness (QED) is 0.572. The van der Waals surface area contributed by atoms with Crippen molar-refractivity contribution in [1.29, 1.82) is 0 Å². The maximum atomic E-state index is 11.3. The number of rotatable bonds is 5. The van der Waals surface area contributed by atoms with Crippen molar-refractivity contribution < 1.29 is 11.0 Å². The van der Waals surface area contributed by atoms with Gasteiger partial charge in [0.15, 0.2) is 0 Å². The van der Waals surface area contributed by atoms with E-state index in [2.05, 4.69) is 0 Å². The third kappa shape index (κ3) is 3.91. The second-order valence-electron chi connectivity index (χ2n) is 2.70. The van der Waals surface area contributed by atoms with E-state index in [1.165, 1.54) is 0 Å². The van der Waals surface area contributed by atoms with Crippen molar-refractivity contribution in [3.05, 3.63) is 0 Å². The fourth-order valence-corrected chi connectivity index (χ4v) is 1.08. The molecule has 0 fully saturated rings. The Kier molecular flexibility index (Phi) is 3.87. The van der Waals surface area contributed by atoms with E-state index < -0.39 is 0 Å². The van der Waals surface area contributed by atoms with Crippen molar-refractivity contribution >= 4 is 11.6 Å². The second kappa shape index (κ2) is 5.05. The van der Waals surface area contributed by atoms with E-state index in [0.29, 0.717) is 0 Å². The minimum atomic E-state index is -0.272. The van der Waals surface area contributed by atoms with Crippen LogP contribution in [0.2, 0.25) is 0 Å². The maximum Gasteiger partial charge on any atom is 0.143 e. The summed E-state index contributed by atoms with van der Waals surface area (Å²) in [7, 11) is 0. The van der Waals surface area contributed by atoms with Crippen LogP contribution in [0.5, 0.6) is 0 Å². The molecule has 0 atom stereocenters. The largest absolute Gasteiger partial charge is 0.300 e. The minimum Gasteiger partial charge on any atom is -0.300 e. The van der Waals surface area contributed by atoms with E-state index in [-0.39, 0.29) is 30.8 Å². The molecule has 0 spiro atoms. The van der Waals surface area contributed by atoms with Crippen molar-refractivity contribution in [3.63, 3.8) is 0 Å². The first-order chi connectivity index (χ1) is 5.65. The zero-order valence-corrected chi connectivity index (χ0v) is 7.22. The van der Waals surface area contributed by atoms with Crippen LogP contribution in [0.25, 0.3) is 0 Å². The van der Waals surface area contributed by atoms with Gasteiger partial charge in [-0.2, -0.15) is 0 Å². The summed E-state index contributed by atoms with van der Waals surface area (Å²) in [6, 6.07) is 0. The number of Topliss-reactive ketones (excluding diaryl/α,β-unsaturated/α-hetero) is 2. The van der Waals surface area contributed by atoms with Gasteiger partial charge in [0.05, 0.1) is 6.42 Å². The molecular weight excluding hydrogens is 140 g/mol. The van der Waals surface area contributed by atoms with E-state index in [1.54, 1.807) is 0 Å². The topological polar surface area (TPSA) is 34.1 Å². The Morgan fingerprint density at radius 3 is 2.27 bits per heavy atom. The fraction of sp³-hybridized carbons (Fsp3) is 0.778. The molecule has 2 heteroatoms. The van der Waals surface area contributed by atoms with Crippen LogP contribution in [0, 0.1) is 5.92 Å². The normalized spacial score (nSPS) is 11.4. The molecule has 0 aromatic carbocycles. The molecule has 0 amide bonds. The Balaban J connectivity index is 3.92. The van der Waals surface area contributed by atoms with E-state index in [9.17, 15) is 9.59 Å². The highest BCUT2D eigenvalue weighted by Gasteiger charge is 2.14. The first-order valence-corrected chi connectivity index (χ1v) is 3.99. The van der Waals surface area contributed by atoms with Crippen LogP contribution in [0.15, 0.2) is 0 Å². The van der Waals surface area contributed by atoms with Gasteiger partial charge in [-0.05, 0) is 19.7 Å². The first kappa shape index (κ1) is 8.44. The molecule has 64 valence electrons. The molecule has 0 saturated carbocycles. The summed E-state index contributed by atoms with van der Waals surface area (Å²) in [5, 5.41) is 0. The summed E-state index contributed by atoms with van der Waals surface area (Å²) in [6.45, 7) is 3.61. The van der Waals surface area contributed by atoms with Crippen molar-refractivity contribution in [2.45, 2.75) is 40.0 Å². The van der Waals surface area contributed by atoms with Crippen molar-refractivity contribution in [3.8, 4) is 0 Å². The Bertz CT molecular complexity index is 162. The number of carbonyl (C=O) groups excluding carboxylic acids is 2. The molecule has 11 heavy (non-hydrogen) atoms. The summed E-state index contributed by atoms with van der Waals surface area (Å²) < 4.78 is 6.76. The Hall–Kier alpha value is -0.660. The van der Waals surface area contributed by atoms with Crippen molar-refractivity contribution in [2.75, 3.05) is 0 Å². The molecule has 0 N–H and O–H groups in total. The summed E-state index contributed by atoms with van der Waals surface area (Å²) >= 11 is 0. The molecule has 0 bridgehead atoms. The van der Waals surface area contributed by atoms with Crippen LogP contribution in [0.1, 0.15) is 41.4 Å². The maximum absolute atomic E-state index is 11.3. The average molecular weight is 157 g/mol. The molecule has 0 aliphatic carbocycles. The predicted molar refractivity (Wildman–Crippen MR) is 44.4 cm³/mol. The van der Waals surface area contributed by atoms with Gasteiger partial charge < -0.3 is 0 Å². The Labute approximate surface area is 69.4 Å². The zero-order valence-electron chi connectivity index (χ0n) is 8.22. The highest BCUT2D eigenvalue weighted by atomic mass is 16.1. The van der Waals surface area contributed by atoms with Gasteiger partial charge in [-0.15, -0.1) is 0 Å². The summed E-state index contributed by atoms with van der Waals surface area (Å²) in [6.07, 6.45) is 1.54. The molecule has 0 unspecified atom stereocenters. The highest BCUT2D eigenvalue weighted by Crippen LogP contribution is 2.10. The molecule has 0 aromatic heterocycles. The summed E-state index contributed by atoms with van der Waals surface area (Å²) in [5.41, 5.74) is 0. The summed E-state index contributed by atoms with van der Waals surface area (Å²) in [4.78, 5) is 22.0. The molecule has 0 saturated heterocycles. The van der Waals surface area contributed by atoms with Crippen LogP contribution in [-0.4, -0.2) is 11.6 Å². The van der Waals surface area contributed by atoms with E-state index >= 15 is 0 Å². The third-order valence-electron chi connectivity index (χ3n) is 1.81. The monoisotopic (exact) mass is 157 g/mol. The van der Waals surface area contributed by atoms with Crippen molar-refractivity contribution in [1.82, 2.24) is 0 Å². The lowest BCUT2D eigenvalue weighted by Gasteiger charge is -2.08. The second-order valence-corrected chi connectivity index (χ2v) is 2.70. The molecule has 0 aliphatic heterocycles. The first-order valence-electron chi connectivity index (χ1n) is 4.70. The fourth-order valence-electron chi connectivity index (χ4n) is 1.08. The van der Waals surface area contributed by atoms with Crippen molar-refractivity contribution in [2.24, 2.45) is 5.92 Å². The SMILES string of the molecule is [2H]CC(=O)CC(=O)C(CC)CC. The van der Waals surface area contributed by atoms with Crippen LogP contribution in [-0.2, 0) is 9.59 Å². The minimum absolute atomic E-state index is 0.00255. The van der Waals surface area contributed by atoms with Gasteiger partial charge in [0.1, 0.15) is 11.6 Å². The van der Waals surface area contributed by atoms with Crippen LogP contribution < -0.4 is 0 Å². The third-order valence-corrected chi connectivity index (χ3v) is 1.81. The molecule has 0 rings (SSSR count). The van der Waals surface area contributed by atoms with Gasteiger partial charge in [0.25, 0.3) is 0 Å². The van der Waals surface area contributed by atoms with Crippen LogP contribution in [0.4, 0.5) is 0 Å². The molecule has 0 radical (unpaired) electrons. The van der Waals surface area contributed by atoms with E-state index in [1.807, 2.05) is 13.8 Å². The van der Waals surface area contributed by atoms with Crippen LogP contribution in [0.3, 0.4) is 0 Å². The van der Waals surface area contributed by atoms with E-state index in [4.69, 9.17) is 1.37 Å². The summed E-state index contributed by atoms with van der Waals surface area (Å²) in [5.74, 6) is -0.260. The average Bonchev–Trinajstić information content (AvgIpc) is 2.06. The molecule has 0 aromatic rings. The molecule has 0 heterocycles. The Morgan fingerprint density at radius 1 is 1.36 bits per heavy atom. The van der Waals surface area contributed by atoms with Gasteiger partial charge in [-0.25, -0.2) is 0 Å². The Morgan fingerprint density at radius 2 is 1.91 bits per heavy atom. The van der Waals surface area contributed by atoms with Gasteiger partial charge in [0.2, 0.25) is 0 Å². The van der Waals surface area contributed by atoms with Gasteiger partial charge in [-0.3, -0.25) is 9.59 Å². The molecule has 2 nitrogen and oxygen atoms in total. The number of hydrogen-bond acceptors (Lipinski definition) is 2. The highest BCUT2D eigenvalue weighted by molar-refractivity contribution is 5.98. The smallest absolute Gasteiger partial charge is 0.143 e. The standard InChI is InChI=1S/C9H16O2/c1-4-8(5-2)9(11)6-7(3)10/h8H,4-6H2,1-3H3/i3D. The number of ketones is 2. The predicted octanol–water partition coefficient (Wildman–Crippen LogP) is 1.97. The number of carbonyl (C=O) groups is 2. The van der Waals surface area contributed by atoms with Gasteiger partial charge >= 0.3 is 0 Å². The van der Waals surface area contributed by atoms with Gasteiger partial charge in [0, 0.05) is 7.29 Å². The number of hydrogen-bond donors (Lipinski definition) is 0. The van der Waals surface area contributed by atoms with Crippen LogP contribution >= 0.6 is 0 Å². The lowest BCUT2D eigenvalue weighted by Crippen LogP contribution is -2.15. The zero-order chi connectivity index (χ0) is 9.56. The lowest BCUT2D eigenvalue weighted by atomic mass is 9.95. The molecule has 0 aliphatic rings.